The summed E-state index contributed by atoms with van der Waals surface area (Å²) in [5.74, 6) is 2.15. The Kier molecular flexibility index (Phi) is 7.63. The van der Waals surface area contributed by atoms with Gasteiger partial charge in [0.1, 0.15) is 17.8 Å². The van der Waals surface area contributed by atoms with E-state index in [1.807, 2.05) is 11.8 Å². The number of rotatable bonds is 5. The molecule has 5 rings (SSSR count). The van der Waals surface area contributed by atoms with Crippen molar-refractivity contribution >= 4 is 11.7 Å². The number of methoxy groups -OCH3 is 1. The molecule has 1 aromatic carbocycles. The average molecular weight is 479 g/mol. The lowest BCUT2D eigenvalue weighted by Crippen LogP contribution is -2.41. The Labute approximate surface area is 208 Å². The van der Waals surface area contributed by atoms with Crippen LogP contribution in [0.3, 0.4) is 0 Å². The first-order chi connectivity index (χ1) is 17.1. The van der Waals surface area contributed by atoms with Crippen molar-refractivity contribution in [3.05, 3.63) is 53.0 Å². The number of hydrogen-bond acceptors (Lipinski definition) is 6. The fraction of sp³-hybridized carbons (Fsp3) is 0.607. The number of nitrogens with zero attached hydrogens (tertiary/aromatic N) is 4. The molecule has 0 saturated carbocycles. The molecule has 188 valence electrons. The van der Waals surface area contributed by atoms with E-state index in [9.17, 15) is 4.79 Å². The maximum Gasteiger partial charge on any atom is 0.272 e. The second kappa shape index (κ2) is 11.0. The van der Waals surface area contributed by atoms with Crippen LogP contribution in [0.4, 0.5) is 5.82 Å². The van der Waals surface area contributed by atoms with Gasteiger partial charge in [0.15, 0.2) is 0 Å². The summed E-state index contributed by atoms with van der Waals surface area (Å²) in [6, 6.07) is 8.68. The van der Waals surface area contributed by atoms with Gasteiger partial charge in [0.25, 0.3) is 5.91 Å². The number of aromatic nitrogens is 2. The van der Waals surface area contributed by atoms with Crippen molar-refractivity contribution in [1.82, 2.24) is 14.9 Å². The number of amides is 1. The van der Waals surface area contributed by atoms with Crippen molar-refractivity contribution in [2.24, 2.45) is 11.8 Å². The molecule has 1 aromatic heterocycles. The van der Waals surface area contributed by atoms with Crippen LogP contribution in [0.2, 0.25) is 0 Å². The molecule has 35 heavy (non-hydrogen) atoms. The fourth-order valence-electron chi connectivity index (χ4n) is 6.09. The molecule has 0 N–H and O–H groups in total. The molecule has 3 aliphatic rings. The van der Waals surface area contributed by atoms with E-state index in [2.05, 4.69) is 39.1 Å². The second-order valence-electron chi connectivity index (χ2n) is 10.3. The monoisotopic (exact) mass is 478 g/mol. The number of hydrogen-bond donors (Lipinski definition) is 0. The lowest BCUT2D eigenvalue weighted by atomic mass is 9.82. The number of likely N-dealkylation sites (tertiary alicyclic amines) is 1. The van der Waals surface area contributed by atoms with Crippen molar-refractivity contribution in [3.8, 4) is 0 Å². The number of ether oxygens (including phenoxy) is 2. The van der Waals surface area contributed by atoms with Crippen LogP contribution in [-0.2, 0) is 22.3 Å². The van der Waals surface area contributed by atoms with Gasteiger partial charge in [-0.2, -0.15) is 0 Å². The molecule has 0 bridgehead atoms. The van der Waals surface area contributed by atoms with Crippen LogP contribution in [0.1, 0.15) is 52.9 Å². The molecule has 0 aliphatic carbocycles. The number of carbonyl (C=O) groups excluding carboxylic acids is 1. The van der Waals surface area contributed by atoms with E-state index in [0.717, 1.165) is 82.7 Å². The molecule has 0 radical (unpaired) electrons. The SMILES string of the molecule is COC1COCCC1CC1CCN(C(=O)c2ncnc(N3CCc4ccccc4CC3)c2C)CC1. The minimum Gasteiger partial charge on any atom is -0.379 e. The highest BCUT2D eigenvalue weighted by Crippen LogP contribution is 2.31. The molecule has 1 amide bonds. The van der Waals surface area contributed by atoms with Crippen molar-refractivity contribution < 1.29 is 14.3 Å². The van der Waals surface area contributed by atoms with E-state index < -0.39 is 0 Å². The zero-order chi connectivity index (χ0) is 24.2. The highest BCUT2D eigenvalue weighted by atomic mass is 16.5. The highest BCUT2D eigenvalue weighted by molar-refractivity contribution is 5.94. The van der Waals surface area contributed by atoms with Gasteiger partial charge in [-0.05, 0) is 68.4 Å². The molecule has 2 atom stereocenters. The minimum atomic E-state index is 0.0449. The Bertz CT molecular complexity index is 994. The lowest BCUT2D eigenvalue weighted by Gasteiger charge is -2.37. The Morgan fingerprint density at radius 3 is 2.46 bits per heavy atom. The molecule has 2 unspecified atom stereocenters. The maximum absolute atomic E-state index is 13.5. The van der Waals surface area contributed by atoms with Crippen LogP contribution in [0, 0.1) is 18.8 Å². The van der Waals surface area contributed by atoms with Crippen LogP contribution in [0.15, 0.2) is 30.6 Å². The third-order valence-electron chi connectivity index (χ3n) is 8.26. The summed E-state index contributed by atoms with van der Waals surface area (Å²) in [6.07, 6.45) is 8.08. The summed E-state index contributed by atoms with van der Waals surface area (Å²) in [7, 11) is 1.79. The first-order valence-corrected chi connectivity index (χ1v) is 13.2. The first kappa shape index (κ1) is 24.2. The number of anilines is 1. The summed E-state index contributed by atoms with van der Waals surface area (Å²) < 4.78 is 11.2. The largest absolute Gasteiger partial charge is 0.379 e. The van der Waals surface area contributed by atoms with Gasteiger partial charge in [-0.1, -0.05) is 24.3 Å². The zero-order valence-electron chi connectivity index (χ0n) is 21.1. The van der Waals surface area contributed by atoms with Gasteiger partial charge in [0.2, 0.25) is 0 Å². The van der Waals surface area contributed by atoms with E-state index in [1.54, 1.807) is 13.4 Å². The highest BCUT2D eigenvalue weighted by Gasteiger charge is 2.32. The van der Waals surface area contributed by atoms with E-state index in [4.69, 9.17) is 9.47 Å². The standard InChI is InChI=1S/C28H38N4O3/c1-20-26(29-19-30-27(20)31-14-9-22-5-3-4-6-23(22)10-15-31)28(33)32-12-7-21(8-13-32)17-24-11-16-35-18-25(24)34-2/h3-6,19,21,24-25H,7-18H2,1-2H3. The number of carbonyl (C=O) groups is 1. The van der Waals surface area contributed by atoms with E-state index in [0.29, 0.717) is 24.1 Å². The van der Waals surface area contributed by atoms with Crippen molar-refractivity contribution in [1.29, 1.82) is 0 Å². The first-order valence-electron chi connectivity index (χ1n) is 13.2. The third-order valence-corrected chi connectivity index (χ3v) is 8.26. The molecule has 2 fully saturated rings. The second-order valence-corrected chi connectivity index (χ2v) is 10.3. The Morgan fingerprint density at radius 1 is 1.06 bits per heavy atom. The van der Waals surface area contributed by atoms with Crippen LogP contribution < -0.4 is 4.90 Å². The predicted octanol–water partition coefficient (Wildman–Crippen LogP) is 3.68. The summed E-state index contributed by atoms with van der Waals surface area (Å²) in [6.45, 7) is 6.94. The van der Waals surface area contributed by atoms with Crippen molar-refractivity contribution in [2.75, 3.05) is 51.4 Å². The Hall–Kier alpha value is -2.51. The van der Waals surface area contributed by atoms with Crippen molar-refractivity contribution in [3.63, 3.8) is 0 Å². The van der Waals surface area contributed by atoms with Gasteiger partial charge in [0.05, 0.1) is 12.7 Å². The van der Waals surface area contributed by atoms with Crippen LogP contribution in [0.25, 0.3) is 0 Å². The maximum atomic E-state index is 13.5. The minimum absolute atomic E-state index is 0.0449. The third kappa shape index (κ3) is 5.36. The zero-order valence-corrected chi connectivity index (χ0v) is 21.1. The quantitative estimate of drug-likeness (QED) is 0.653. The van der Waals surface area contributed by atoms with E-state index >= 15 is 0 Å². The van der Waals surface area contributed by atoms with Crippen molar-refractivity contribution in [2.45, 2.75) is 51.6 Å². The molecular weight excluding hydrogens is 440 g/mol. The number of fused-ring (bicyclic) bond motifs is 1. The molecule has 7 heteroatoms. The molecule has 7 nitrogen and oxygen atoms in total. The molecule has 4 heterocycles. The summed E-state index contributed by atoms with van der Waals surface area (Å²) >= 11 is 0. The smallest absolute Gasteiger partial charge is 0.272 e. The van der Waals surface area contributed by atoms with Gasteiger partial charge < -0.3 is 19.3 Å². The van der Waals surface area contributed by atoms with Crippen LogP contribution in [0.5, 0.6) is 0 Å². The van der Waals surface area contributed by atoms with Crippen LogP contribution >= 0.6 is 0 Å². The average Bonchev–Trinajstić information content (AvgIpc) is 3.12. The molecular formula is C28H38N4O3. The predicted molar refractivity (Wildman–Crippen MR) is 136 cm³/mol. The summed E-state index contributed by atoms with van der Waals surface area (Å²) in [5, 5.41) is 0. The van der Waals surface area contributed by atoms with Gasteiger partial charge in [-0.3, -0.25) is 4.79 Å². The van der Waals surface area contributed by atoms with Crippen LogP contribution in [-0.4, -0.2) is 73.4 Å². The van der Waals surface area contributed by atoms with E-state index in [1.165, 1.54) is 11.1 Å². The van der Waals surface area contributed by atoms with Gasteiger partial charge in [-0.25, -0.2) is 9.97 Å². The number of piperidine rings is 1. The molecule has 2 aromatic rings. The van der Waals surface area contributed by atoms with Gasteiger partial charge in [-0.15, -0.1) is 0 Å². The van der Waals surface area contributed by atoms with Gasteiger partial charge in [0, 0.05) is 45.5 Å². The number of benzene rings is 1. The molecule has 2 saturated heterocycles. The summed E-state index contributed by atoms with van der Waals surface area (Å²) in [5.41, 5.74) is 4.28. The van der Waals surface area contributed by atoms with E-state index in [-0.39, 0.29) is 12.0 Å². The Balaban J connectivity index is 1.21. The fourth-order valence-corrected chi connectivity index (χ4v) is 6.09. The molecule has 3 aliphatic heterocycles. The Morgan fingerprint density at radius 2 is 1.77 bits per heavy atom. The lowest BCUT2D eigenvalue weighted by molar-refractivity contribution is -0.0725. The summed E-state index contributed by atoms with van der Waals surface area (Å²) in [4.78, 5) is 26.8. The topological polar surface area (TPSA) is 67.8 Å². The normalized spacial score (nSPS) is 23.6. The molecule has 0 spiro atoms. The van der Waals surface area contributed by atoms with Gasteiger partial charge >= 0.3 is 0 Å².